The molecule has 1 aromatic carbocycles. The normalized spacial score (nSPS) is 11.6. The van der Waals surface area contributed by atoms with Crippen molar-refractivity contribution in [2.24, 2.45) is 0 Å². The van der Waals surface area contributed by atoms with Gasteiger partial charge in [-0.05, 0) is 18.1 Å². The molecule has 1 N–H and O–H groups in total. The lowest BCUT2D eigenvalue weighted by Gasteiger charge is -2.08. The molecule has 0 saturated carbocycles. The van der Waals surface area contributed by atoms with Crippen LogP contribution in [0.5, 0.6) is 0 Å². The third-order valence-corrected chi connectivity index (χ3v) is 3.95. The number of sulfone groups is 1. The van der Waals surface area contributed by atoms with Gasteiger partial charge in [-0.2, -0.15) is 0 Å². The number of hydrogen-bond donors (Lipinski definition) is 1. The zero-order valence-corrected chi connectivity index (χ0v) is 10.7. The van der Waals surface area contributed by atoms with Crippen LogP contribution in [0, 0.1) is 0 Å². The Kier molecular flexibility index (Phi) is 5.61. The maximum atomic E-state index is 11.8. The van der Waals surface area contributed by atoms with Crippen LogP contribution in [0.25, 0.3) is 0 Å². The molecule has 0 unspecified atom stereocenters. The Hall–Kier alpha value is -0.910. The fourth-order valence-electron chi connectivity index (χ4n) is 1.49. The summed E-state index contributed by atoms with van der Waals surface area (Å²) in [4.78, 5) is 0. The molecule has 17 heavy (non-hydrogen) atoms. The van der Waals surface area contributed by atoms with Crippen LogP contribution in [-0.4, -0.2) is 32.5 Å². The van der Waals surface area contributed by atoms with Gasteiger partial charge in [0, 0.05) is 6.61 Å². The molecular weight excluding hydrogens is 240 g/mol. The molecule has 0 aliphatic carbocycles. The fraction of sp³-hybridized carbons (Fsp3) is 0.500. The topological polar surface area (TPSA) is 63.6 Å². The van der Waals surface area contributed by atoms with Gasteiger partial charge in [0.1, 0.15) is 0 Å². The van der Waals surface area contributed by atoms with E-state index in [1.54, 1.807) is 24.3 Å². The average molecular weight is 258 g/mol. The molecule has 0 bridgehead atoms. The molecule has 0 heterocycles. The standard InChI is InChI=1S/C12H18O4S/c1-2-16-7-8-17(14,15)10-12-6-4-3-5-11(12)9-13/h3-6,13H,2,7-10H2,1H3. The minimum absolute atomic E-state index is 0.0145. The molecule has 0 aromatic heterocycles. The predicted molar refractivity (Wildman–Crippen MR) is 66.3 cm³/mol. The third kappa shape index (κ3) is 4.85. The van der Waals surface area contributed by atoms with Crippen molar-refractivity contribution in [1.29, 1.82) is 0 Å². The molecule has 0 amide bonds. The van der Waals surface area contributed by atoms with Crippen molar-refractivity contribution < 1.29 is 18.3 Å². The predicted octanol–water partition coefficient (Wildman–Crippen LogP) is 1.13. The summed E-state index contributed by atoms with van der Waals surface area (Å²) >= 11 is 0. The van der Waals surface area contributed by atoms with E-state index < -0.39 is 9.84 Å². The number of ether oxygens (including phenoxy) is 1. The minimum atomic E-state index is -3.18. The van der Waals surface area contributed by atoms with Gasteiger partial charge in [-0.25, -0.2) is 8.42 Å². The number of benzene rings is 1. The van der Waals surface area contributed by atoms with E-state index in [0.717, 1.165) is 0 Å². The molecule has 0 aliphatic heterocycles. The molecule has 1 aromatic rings. The second-order valence-corrected chi connectivity index (χ2v) is 5.90. The highest BCUT2D eigenvalue weighted by atomic mass is 32.2. The second kappa shape index (κ2) is 6.74. The Bertz CT molecular complexity index is 440. The van der Waals surface area contributed by atoms with Crippen molar-refractivity contribution in [2.45, 2.75) is 19.3 Å². The molecule has 5 heteroatoms. The molecule has 0 spiro atoms. The quantitative estimate of drug-likeness (QED) is 0.745. The van der Waals surface area contributed by atoms with Gasteiger partial charge >= 0.3 is 0 Å². The lowest BCUT2D eigenvalue weighted by Crippen LogP contribution is -2.15. The van der Waals surface area contributed by atoms with Crippen LogP contribution in [-0.2, 0) is 26.9 Å². The Balaban J connectivity index is 2.69. The molecular formula is C12H18O4S. The first kappa shape index (κ1) is 14.2. The molecule has 4 nitrogen and oxygen atoms in total. The van der Waals surface area contributed by atoms with Crippen LogP contribution in [0.1, 0.15) is 18.1 Å². The van der Waals surface area contributed by atoms with Crippen molar-refractivity contribution >= 4 is 9.84 Å². The summed E-state index contributed by atoms with van der Waals surface area (Å²) < 4.78 is 28.6. The van der Waals surface area contributed by atoms with Gasteiger partial charge in [0.2, 0.25) is 0 Å². The highest BCUT2D eigenvalue weighted by Gasteiger charge is 2.13. The van der Waals surface area contributed by atoms with E-state index >= 15 is 0 Å². The molecule has 0 atom stereocenters. The second-order valence-electron chi connectivity index (χ2n) is 3.72. The van der Waals surface area contributed by atoms with E-state index in [1.165, 1.54) is 0 Å². The molecule has 0 radical (unpaired) electrons. The fourth-order valence-corrected chi connectivity index (χ4v) is 2.76. The lowest BCUT2D eigenvalue weighted by molar-refractivity contribution is 0.163. The van der Waals surface area contributed by atoms with Crippen molar-refractivity contribution in [1.82, 2.24) is 0 Å². The van der Waals surface area contributed by atoms with Gasteiger partial charge in [-0.3, -0.25) is 0 Å². The highest BCUT2D eigenvalue weighted by Crippen LogP contribution is 2.13. The van der Waals surface area contributed by atoms with Gasteiger partial charge in [-0.1, -0.05) is 24.3 Å². The Morgan fingerprint density at radius 2 is 1.88 bits per heavy atom. The zero-order valence-electron chi connectivity index (χ0n) is 9.93. The van der Waals surface area contributed by atoms with Crippen LogP contribution < -0.4 is 0 Å². The smallest absolute Gasteiger partial charge is 0.156 e. The van der Waals surface area contributed by atoms with Crippen molar-refractivity contribution in [2.75, 3.05) is 19.0 Å². The maximum absolute atomic E-state index is 11.8. The molecule has 0 aliphatic rings. The summed E-state index contributed by atoms with van der Waals surface area (Å²) in [5, 5.41) is 9.11. The Morgan fingerprint density at radius 1 is 1.24 bits per heavy atom. The first-order chi connectivity index (χ1) is 8.09. The summed E-state index contributed by atoms with van der Waals surface area (Å²) in [6, 6.07) is 7.01. The van der Waals surface area contributed by atoms with Crippen LogP contribution >= 0.6 is 0 Å². The lowest BCUT2D eigenvalue weighted by atomic mass is 10.1. The average Bonchev–Trinajstić information content (AvgIpc) is 2.29. The largest absolute Gasteiger partial charge is 0.392 e. The highest BCUT2D eigenvalue weighted by molar-refractivity contribution is 7.90. The summed E-state index contributed by atoms with van der Waals surface area (Å²) in [5.41, 5.74) is 1.32. The van der Waals surface area contributed by atoms with Gasteiger partial charge in [0.05, 0.1) is 24.7 Å². The van der Waals surface area contributed by atoms with Crippen LogP contribution in [0.15, 0.2) is 24.3 Å². The molecule has 1 rings (SSSR count). The van der Waals surface area contributed by atoms with E-state index in [4.69, 9.17) is 9.84 Å². The third-order valence-electron chi connectivity index (χ3n) is 2.41. The van der Waals surface area contributed by atoms with E-state index in [0.29, 0.717) is 17.7 Å². The van der Waals surface area contributed by atoms with E-state index in [9.17, 15) is 8.42 Å². The van der Waals surface area contributed by atoms with Crippen molar-refractivity contribution in [3.63, 3.8) is 0 Å². The van der Waals surface area contributed by atoms with E-state index in [1.807, 2.05) is 6.92 Å². The number of hydrogen-bond acceptors (Lipinski definition) is 4. The molecule has 0 saturated heterocycles. The maximum Gasteiger partial charge on any atom is 0.156 e. The Morgan fingerprint density at radius 3 is 2.47 bits per heavy atom. The Labute approximate surface area is 102 Å². The van der Waals surface area contributed by atoms with Gasteiger partial charge < -0.3 is 9.84 Å². The van der Waals surface area contributed by atoms with Gasteiger partial charge in [-0.15, -0.1) is 0 Å². The van der Waals surface area contributed by atoms with Crippen LogP contribution in [0.2, 0.25) is 0 Å². The summed E-state index contributed by atoms with van der Waals surface area (Å²) in [6.45, 7) is 2.42. The number of aliphatic hydroxyl groups is 1. The minimum Gasteiger partial charge on any atom is -0.392 e. The molecule has 96 valence electrons. The number of aliphatic hydroxyl groups excluding tert-OH is 1. The monoisotopic (exact) mass is 258 g/mol. The first-order valence-electron chi connectivity index (χ1n) is 5.55. The van der Waals surface area contributed by atoms with Gasteiger partial charge in [0.15, 0.2) is 9.84 Å². The van der Waals surface area contributed by atoms with Crippen molar-refractivity contribution in [3.8, 4) is 0 Å². The summed E-state index contributed by atoms with van der Waals surface area (Å²) in [5.74, 6) is -0.0303. The zero-order chi connectivity index (χ0) is 12.7. The summed E-state index contributed by atoms with van der Waals surface area (Å²) in [7, 11) is -3.18. The molecule has 0 fully saturated rings. The summed E-state index contributed by atoms with van der Waals surface area (Å²) in [6.07, 6.45) is 0. The van der Waals surface area contributed by atoms with Crippen LogP contribution in [0.3, 0.4) is 0 Å². The SMILES string of the molecule is CCOCCS(=O)(=O)Cc1ccccc1CO. The first-order valence-corrected chi connectivity index (χ1v) is 7.37. The van der Waals surface area contributed by atoms with Gasteiger partial charge in [0.25, 0.3) is 0 Å². The van der Waals surface area contributed by atoms with Crippen LogP contribution in [0.4, 0.5) is 0 Å². The van der Waals surface area contributed by atoms with E-state index in [2.05, 4.69) is 0 Å². The number of rotatable bonds is 7. The van der Waals surface area contributed by atoms with E-state index in [-0.39, 0.29) is 24.7 Å². The van der Waals surface area contributed by atoms with Crippen molar-refractivity contribution in [3.05, 3.63) is 35.4 Å².